The topological polar surface area (TPSA) is 75.3 Å². The number of hydrogen-bond donors (Lipinski definition) is 2. The van der Waals surface area contributed by atoms with Crippen LogP contribution in [-0.4, -0.2) is 20.4 Å². The summed E-state index contributed by atoms with van der Waals surface area (Å²) >= 11 is 3.21. The van der Waals surface area contributed by atoms with E-state index in [1.807, 2.05) is 0 Å². The van der Waals surface area contributed by atoms with Crippen molar-refractivity contribution in [2.45, 2.75) is 17.4 Å². The van der Waals surface area contributed by atoms with Crippen molar-refractivity contribution < 1.29 is 26.4 Å². The minimum Gasteiger partial charge on any atom is -0.322 e. The Morgan fingerprint density at radius 2 is 1.55 bits per heavy atom. The van der Waals surface area contributed by atoms with E-state index in [1.54, 1.807) is 30.3 Å². The van der Waals surface area contributed by atoms with Crippen molar-refractivity contribution in [3.8, 4) is 0 Å². The Kier molecular flexibility index (Phi) is 7.14. The maximum Gasteiger partial charge on any atom is 0.242 e. The van der Waals surface area contributed by atoms with Crippen LogP contribution in [0.5, 0.6) is 0 Å². The highest BCUT2D eigenvalue weighted by atomic mass is 79.9. The number of hydrogen-bond acceptors (Lipinski definition) is 3. The summed E-state index contributed by atoms with van der Waals surface area (Å²) in [6.45, 7) is 0. The van der Waals surface area contributed by atoms with Gasteiger partial charge < -0.3 is 5.32 Å². The highest BCUT2D eigenvalue weighted by Crippen LogP contribution is 2.21. The predicted molar refractivity (Wildman–Crippen MR) is 113 cm³/mol. The second kappa shape index (κ2) is 9.63. The summed E-state index contributed by atoms with van der Waals surface area (Å²) in [5.41, 5.74) is 0.0247. The molecule has 0 radical (unpaired) electrons. The lowest BCUT2D eigenvalue weighted by Crippen LogP contribution is -2.45. The number of halogens is 4. The van der Waals surface area contributed by atoms with E-state index in [2.05, 4.69) is 26.0 Å². The smallest absolute Gasteiger partial charge is 0.242 e. The van der Waals surface area contributed by atoms with E-state index in [1.165, 1.54) is 24.3 Å². The van der Waals surface area contributed by atoms with Gasteiger partial charge in [-0.25, -0.2) is 21.6 Å². The molecule has 2 N–H and O–H groups in total. The molecule has 31 heavy (non-hydrogen) atoms. The Hall–Kier alpha value is -2.69. The predicted octanol–water partition coefficient (Wildman–Crippen LogP) is 4.39. The fraction of sp³-hybridized carbons (Fsp3) is 0.0952. The largest absolute Gasteiger partial charge is 0.322 e. The van der Waals surface area contributed by atoms with Gasteiger partial charge in [-0.15, -0.1) is 0 Å². The normalized spacial score (nSPS) is 12.4. The third-order valence-electron chi connectivity index (χ3n) is 4.31. The molecule has 0 aliphatic rings. The van der Waals surface area contributed by atoms with Gasteiger partial charge in [-0.05, 0) is 48.4 Å². The first kappa shape index (κ1) is 23.0. The van der Waals surface area contributed by atoms with Gasteiger partial charge >= 0.3 is 0 Å². The minimum absolute atomic E-state index is 0.0618. The van der Waals surface area contributed by atoms with Crippen LogP contribution in [0.4, 0.5) is 18.9 Å². The standard InChI is InChI=1S/C21H16BrF3N2O3S/c22-14-6-8-15(9-7-14)31(29,30)27-18(12-13-4-2-1-3-5-13)21(28)26-17-11-10-16(23)19(24)20(17)25/h1-11,18,27H,12H2,(H,26,28)/t18-/m1/s1. The Labute approximate surface area is 185 Å². The second-order valence-corrected chi connectivity index (χ2v) is 9.16. The lowest BCUT2D eigenvalue weighted by Gasteiger charge is -2.19. The quantitative estimate of drug-likeness (QED) is 0.461. The van der Waals surface area contributed by atoms with E-state index in [-0.39, 0.29) is 11.3 Å². The molecule has 3 aromatic rings. The third kappa shape index (κ3) is 5.72. The van der Waals surface area contributed by atoms with Gasteiger partial charge in [0.1, 0.15) is 6.04 Å². The summed E-state index contributed by atoms with van der Waals surface area (Å²) in [4.78, 5) is 12.7. The molecule has 1 amide bonds. The lowest BCUT2D eigenvalue weighted by molar-refractivity contribution is -0.117. The van der Waals surface area contributed by atoms with Gasteiger partial charge in [0.05, 0.1) is 10.6 Å². The minimum atomic E-state index is -4.12. The number of rotatable bonds is 7. The molecule has 5 nitrogen and oxygen atoms in total. The van der Waals surface area contributed by atoms with Crippen molar-refractivity contribution in [3.63, 3.8) is 0 Å². The number of nitrogens with one attached hydrogen (secondary N) is 2. The molecule has 0 aliphatic heterocycles. The van der Waals surface area contributed by atoms with Crippen molar-refractivity contribution >= 4 is 37.5 Å². The molecule has 0 fully saturated rings. The Balaban J connectivity index is 1.89. The Bertz CT molecular complexity index is 1190. The van der Waals surface area contributed by atoms with Crippen LogP contribution in [0.25, 0.3) is 0 Å². The average molecular weight is 513 g/mol. The molecule has 0 saturated carbocycles. The van der Waals surface area contributed by atoms with Crippen LogP contribution < -0.4 is 10.0 Å². The number of carbonyl (C=O) groups is 1. The Morgan fingerprint density at radius 3 is 2.19 bits per heavy atom. The van der Waals surface area contributed by atoms with E-state index in [0.29, 0.717) is 16.1 Å². The average Bonchev–Trinajstić information content (AvgIpc) is 2.74. The number of amides is 1. The van der Waals surface area contributed by atoms with Crippen molar-refractivity contribution in [1.29, 1.82) is 0 Å². The zero-order valence-electron chi connectivity index (χ0n) is 15.8. The highest BCUT2D eigenvalue weighted by molar-refractivity contribution is 9.10. The monoisotopic (exact) mass is 512 g/mol. The second-order valence-electron chi connectivity index (χ2n) is 6.53. The fourth-order valence-electron chi connectivity index (χ4n) is 2.75. The van der Waals surface area contributed by atoms with E-state index in [9.17, 15) is 26.4 Å². The van der Waals surface area contributed by atoms with E-state index < -0.39 is 45.1 Å². The molecule has 0 aliphatic carbocycles. The van der Waals surface area contributed by atoms with Gasteiger partial charge in [0.15, 0.2) is 17.5 Å². The molecule has 0 heterocycles. The molecule has 0 bridgehead atoms. The summed E-state index contributed by atoms with van der Waals surface area (Å²) in [5, 5.41) is 2.13. The SMILES string of the molecule is O=C(Nc1ccc(F)c(F)c1F)[C@@H](Cc1ccccc1)NS(=O)(=O)c1ccc(Br)cc1. The molecule has 1 atom stereocenters. The van der Waals surface area contributed by atoms with E-state index >= 15 is 0 Å². The van der Waals surface area contributed by atoms with Crippen molar-refractivity contribution in [1.82, 2.24) is 4.72 Å². The van der Waals surface area contributed by atoms with E-state index in [0.717, 1.165) is 6.07 Å². The molecule has 162 valence electrons. The third-order valence-corrected chi connectivity index (χ3v) is 6.33. The van der Waals surface area contributed by atoms with Crippen LogP contribution in [-0.2, 0) is 21.2 Å². The molecular formula is C21H16BrF3N2O3S. The summed E-state index contributed by atoms with van der Waals surface area (Å²) < 4.78 is 69.2. The number of anilines is 1. The first-order chi connectivity index (χ1) is 14.7. The molecule has 0 aromatic heterocycles. The molecule has 0 unspecified atom stereocenters. The molecule has 3 rings (SSSR count). The zero-order valence-corrected chi connectivity index (χ0v) is 18.2. The van der Waals surface area contributed by atoms with Crippen LogP contribution in [0.3, 0.4) is 0 Å². The van der Waals surface area contributed by atoms with Crippen LogP contribution in [0.15, 0.2) is 76.1 Å². The van der Waals surface area contributed by atoms with Gasteiger partial charge in [0.25, 0.3) is 0 Å². The fourth-order valence-corrected chi connectivity index (χ4v) is 4.21. The van der Waals surface area contributed by atoms with Crippen LogP contribution in [0.1, 0.15) is 5.56 Å². The zero-order chi connectivity index (χ0) is 22.6. The van der Waals surface area contributed by atoms with Crippen LogP contribution >= 0.6 is 15.9 Å². The summed E-state index contributed by atoms with van der Waals surface area (Å²) in [6, 6.07) is 14.4. The van der Waals surface area contributed by atoms with Crippen LogP contribution in [0.2, 0.25) is 0 Å². The maximum absolute atomic E-state index is 14.0. The number of sulfonamides is 1. The van der Waals surface area contributed by atoms with E-state index in [4.69, 9.17) is 0 Å². The van der Waals surface area contributed by atoms with Gasteiger partial charge in [0, 0.05) is 4.47 Å². The van der Waals surface area contributed by atoms with Crippen molar-refractivity contribution in [2.24, 2.45) is 0 Å². The van der Waals surface area contributed by atoms with Gasteiger partial charge in [-0.1, -0.05) is 46.3 Å². The van der Waals surface area contributed by atoms with Gasteiger partial charge in [0.2, 0.25) is 15.9 Å². The Morgan fingerprint density at radius 1 is 0.903 bits per heavy atom. The molecule has 0 saturated heterocycles. The summed E-state index contributed by atoms with van der Waals surface area (Å²) in [6.07, 6.45) is -0.0618. The first-order valence-corrected chi connectivity index (χ1v) is 11.2. The van der Waals surface area contributed by atoms with Crippen LogP contribution in [0, 0.1) is 17.5 Å². The molecule has 0 spiro atoms. The molecule has 3 aromatic carbocycles. The van der Waals surface area contributed by atoms with Crippen molar-refractivity contribution in [2.75, 3.05) is 5.32 Å². The number of carbonyl (C=O) groups excluding carboxylic acids is 1. The highest BCUT2D eigenvalue weighted by Gasteiger charge is 2.27. The van der Waals surface area contributed by atoms with Gasteiger partial charge in [-0.3, -0.25) is 4.79 Å². The summed E-state index contributed by atoms with van der Waals surface area (Å²) in [5.74, 6) is -5.67. The number of benzene rings is 3. The molecule has 10 heteroatoms. The van der Waals surface area contributed by atoms with Gasteiger partial charge in [-0.2, -0.15) is 4.72 Å². The maximum atomic E-state index is 14.0. The summed E-state index contributed by atoms with van der Waals surface area (Å²) in [7, 11) is -4.12. The lowest BCUT2D eigenvalue weighted by atomic mass is 10.1. The first-order valence-electron chi connectivity index (χ1n) is 8.93. The molecular weight excluding hydrogens is 497 g/mol. The van der Waals surface area contributed by atoms with Crippen molar-refractivity contribution in [3.05, 3.63) is 94.2 Å².